The van der Waals surface area contributed by atoms with E-state index in [1.54, 1.807) is 12.1 Å². The number of benzene rings is 5. The molecule has 212 valence electrons. The van der Waals surface area contributed by atoms with Crippen molar-refractivity contribution in [2.24, 2.45) is 0 Å². The molecule has 42 heavy (non-hydrogen) atoms. The van der Waals surface area contributed by atoms with E-state index in [4.69, 9.17) is 10.0 Å². The van der Waals surface area contributed by atoms with Crippen LogP contribution < -0.4 is 5.46 Å². The zero-order valence-electron chi connectivity index (χ0n) is 25.9. The average molecular weight is 553 g/mol. The van der Waals surface area contributed by atoms with Crippen molar-refractivity contribution >= 4 is 12.6 Å². The molecule has 0 fully saturated rings. The van der Waals surface area contributed by atoms with E-state index < -0.39 is 7.12 Å². The molecule has 2 nitrogen and oxygen atoms in total. The molecule has 0 saturated carbocycles. The Bertz CT molecular complexity index is 1620. The molecule has 7 rings (SSSR count). The molecular formula is C39H41BO2. The van der Waals surface area contributed by atoms with Crippen LogP contribution in [0, 0.1) is 20.8 Å². The van der Waals surface area contributed by atoms with Crippen LogP contribution in [0.5, 0.6) is 0 Å². The monoisotopic (exact) mass is 552 g/mol. The molecule has 0 aliphatic heterocycles. The minimum atomic E-state index is -1.35. The van der Waals surface area contributed by atoms with Gasteiger partial charge in [-0.3, -0.25) is 0 Å². The molecular weight excluding hydrogens is 511 g/mol. The summed E-state index contributed by atoms with van der Waals surface area (Å²) < 4.78 is 0. The van der Waals surface area contributed by atoms with Crippen LogP contribution >= 0.6 is 0 Å². The number of hydrogen-bond donors (Lipinski definition) is 2. The van der Waals surface area contributed by atoms with Gasteiger partial charge in [0.15, 0.2) is 0 Å². The molecule has 0 aromatic heterocycles. The Hall–Kier alpha value is -3.92. The highest BCUT2D eigenvalue weighted by Crippen LogP contribution is 2.49. The fourth-order valence-electron chi connectivity index (χ4n) is 6.37. The molecule has 2 aliphatic rings. The molecule has 0 amide bonds. The highest BCUT2D eigenvalue weighted by atomic mass is 16.4. The fraction of sp³-hybridized carbons (Fsp3) is 0.231. The predicted molar refractivity (Wildman–Crippen MR) is 178 cm³/mol. The summed E-state index contributed by atoms with van der Waals surface area (Å²) in [6, 6.07) is 38.2. The first-order chi connectivity index (χ1) is 19.9. The van der Waals surface area contributed by atoms with E-state index in [0.717, 1.165) is 5.56 Å². The van der Waals surface area contributed by atoms with Gasteiger partial charge in [0.25, 0.3) is 0 Å². The van der Waals surface area contributed by atoms with Crippen LogP contribution in [0.15, 0.2) is 109 Å². The Morgan fingerprint density at radius 2 is 0.786 bits per heavy atom. The lowest BCUT2D eigenvalue weighted by molar-refractivity contribution is 0.426. The summed E-state index contributed by atoms with van der Waals surface area (Å²) >= 11 is 0. The van der Waals surface area contributed by atoms with Crippen molar-refractivity contribution in [3.05, 3.63) is 148 Å². The van der Waals surface area contributed by atoms with Crippen LogP contribution in [-0.2, 0) is 10.8 Å². The van der Waals surface area contributed by atoms with Gasteiger partial charge in [-0.2, -0.15) is 0 Å². The van der Waals surface area contributed by atoms with Gasteiger partial charge >= 0.3 is 7.12 Å². The minimum Gasteiger partial charge on any atom is -0.423 e. The van der Waals surface area contributed by atoms with Gasteiger partial charge < -0.3 is 10.0 Å². The summed E-state index contributed by atoms with van der Waals surface area (Å²) in [5.41, 5.74) is 16.1. The highest BCUT2D eigenvalue weighted by Gasteiger charge is 2.35. The molecule has 5 aromatic carbocycles. The summed E-state index contributed by atoms with van der Waals surface area (Å²) in [5.74, 6) is 0. The van der Waals surface area contributed by atoms with Gasteiger partial charge in [0.05, 0.1) is 0 Å². The summed E-state index contributed by atoms with van der Waals surface area (Å²) in [4.78, 5) is 0. The van der Waals surface area contributed by atoms with Gasteiger partial charge in [-0.05, 0) is 70.7 Å². The third-order valence-electron chi connectivity index (χ3n) is 8.85. The maximum atomic E-state index is 8.67. The Kier molecular flexibility index (Phi) is 8.03. The quantitative estimate of drug-likeness (QED) is 0.206. The molecule has 0 bridgehead atoms. The lowest BCUT2D eigenvalue weighted by Crippen LogP contribution is -2.29. The van der Waals surface area contributed by atoms with E-state index in [1.807, 2.05) is 19.1 Å². The third kappa shape index (κ3) is 5.47. The summed E-state index contributed by atoms with van der Waals surface area (Å²) in [6.45, 7) is 15.6. The van der Waals surface area contributed by atoms with Crippen molar-refractivity contribution in [3.8, 4) is 22.3 Å². The number of hydrogen-bond acceptors (Lipinski definition) is 2. The first kappa shape index (κ1) is 29.6. The lowest BCUT2D eigenvalue weighted by atomic mass is 9.80. The van der Waals surface area contributed by atoms with Crippen molar-refractivity contribution in [2.45, 2.75) is 59.3 Å². The summed E-state index contributed by atoms with van der Waals surface area (Å²) in [7, 11) is -1.35. The van der Waals surface area contributed by atoms with Gasteiger partial charge in [-0.15, -0.1) is 0 Å². The maximum Gasteiger partial charge on any atom is 0.488 e. The van der Waals surface area contributed by atoms with Crippen molar-refractivity contribution in [2.75, 3.05) is 0 Å². The van der Waals surface area contributed by atoms with Crippen molar-refractivity contribution in [1.82, 2.24) is 0 Å². The van der Waals surface area contributed by atoms with Gasteiger partial charge in [-0.1, -0.05) is 154 Å². The predicted octanol–water partition coefficient (Wildman–Crippen LogP) is 8.28. The Labute approximate surface area is 251 Å². The van der Waals surface area contributed by atoms with Crippen LogP contribution in [0.25, 0.3) is 22.3 Å². The molecule has 0 atom stereocenters. The zero-order chi connectivity index (χ0) is 30.2. The van der Waals surface area contributed by atoms with Gasteiger partial charge in [0, 0.05) is 10.8 Å². The largest absolute Gasteiger partial charge is 0.488 e. The van der Waals surface area contributed by atoms with Crippen molar-refractivity contribution < 1.29 is 10.0 Å². The second-order valence-corrected chi connectivity index (χ2v) is 12.7. The average Bonchev–Trinajstić information content (AvgIpc) is 3.33. The molecule has 3 heteroatoms. The highest BCUT2D eigenvalue weighted by molar-refractivity contribution is 6.58. The lowest BCUT2D eigenvalue weighted by Gasteiger charge is -2.21. The molecule has 0 radical (unpaired) electrons. The zero-order valence-corrected chi connectivity index (χ0v) is 25.9. The maximum absolute atomic E-state index is 8.67. The smallest absolute Gasteiger partial charge is 0.423 e. The number of fused-ring (bicyclic) bond motifs is 6. The Morgan fingerprint density at radius 1 is 0.429 bits per heavy atom. The van der Waals surface area contributed by atoms with Crippen molar-refractivity contribution in [1.29, 1.82) is 0 Å². The summed E-state index contributed by atoms with van der Waals surface area (Å²) in [6.07, 6.45) is 0. The van der Waals surface area contributed by atoms with Gasteiger partial charge in [0.1, 0.15) is 0 Å². The first-order valence-corrected chi connectivity index (χ1v) is 14.8. The van der Waals surface area contributed by atoms with E-state index in [0.29, 0.717) is 5.46 Å². The first-order valence-electron chi connectivity index (χ1n) is 14.8. The van der Waals surface area contributed by atoms with Gasteiger partial charge in [-0.25, -0.2) is 0 Å². The standard InChI is InChI=1S/2C16H16.C7H9BO2/c2*1-11-8-9-13-12-6-4-5-7-14(12)16(2,3)15(13)10-11;1-6-2-4-7(5-3-6)8(9)10/h2*4-10H,1-3H3;2-5,9-10H,1H3. The van der Waals surface area contributed by atoms with Crippen LogP contribution in [0.1, 0.15) is 66.6 Å². The normalized spacial score (nSPS) is 14.2. The van der Waals surface area contributed by atoms with E-state index in [-0.39, 0.29) is 10.8 Å². The van der Waals surface area contributed by atoms with Crippen LogP contribution in [0.4, 0.5) is 0 Å². The van der Waals surface area contributed by atoms with E-state index in [1.165, 1.54) is 55.6 Å². The molecule has 0 unspecified atom stereocenters. The summed E-state index contributed by atoms with van der Waals surface area (Å²) in [5, 5.41) is 17.3. The van der Waals surface area contributed by atoms with Crippen LogP contribution in [-0.4, -0.2) is 17.2 Å². The minimum absolute atomic E-state index is 0.151. The second kappa shape index (κ2) is 11.4. The molecule has 0 heterocycles. The topological polar surface area (TPSA) is 40.5 Å². The molecule has 5 aromatic rings. The molecule has 2 aliphatic carbocycles. The van der Waals surface area contributed by atoms with E-state index in [2.05, 4.69) is 126 Å². The molecule has 0 saturated heterocycles. The third-order valence-corrected chi connectivity index (χ3v) is 8.85. The SMILES string of the molecule is Cc1ccc(B(O)O)cc1.Cc1ccc2c(c1)C(C)(C)c1ccccc1-2.Cc1ccc2c(c1)C(C)(C)c1ccccc1-2. The molecule has 2 N–H and O–H groups in total. The Morgan fingerprint density at radius 3 is 1.19 bits per heavy atom. The number of aryl methyl sites for hydroxylation is 3. The number of rotatable bonds is 1. The fourth-order valence-corrected chi connectivity index (χ4v) is 6.37. The van der Waals surface area contributed by atoms with Crippen LogP contribution in [0.2, 0.25) is 0 Å². The van der Waals surface area contributed by atoms with E-state index >= 15 is 0 Å². The molecule has 0 spiro atoms. The second-order valence-electron chi connectivity index (χ2n) is 12.7. The van der Waals surface area contributed by atoms with E-state index in [9.17, 15) is 0 Å². The van der Waals surface area contributed by atoms with Crippen LogP contribution in [0.3, 0.4) is 0 Å². The Balaban J connectivity index is 0.000000130. The van der Waals surface area contributed by atoms with Gasteiger partial charge in [0.2, 0.25) is 0 Å². The van der Waals surface area contributed by atoms with Crippen molar-refractivity contribution in [3.63, 3.8) is 0 Å².